The van der Waals surface area contributed by atoms with Gasteiger partial charge in [0.2, 0.25) is 11.7 Å². The van der Waals surface area contributed by atoms with Crippen LogP contribution in [0.1, 0.15) is 0 Å². The summed E-state index contributed by atoms with van der Waals surface area (Å²) in [4.78, 5) is 16.7. The lowest BCUT2D eigenvalue weighted by molar-refractivity contribution is -0.116. The lowest BCUT2D eigenvalue weighted by Crippen LogP contribution is -2.18. The number of nitrogens with one attached hydrogen (secondary N) is 1. The van der Waals surface area contributed by atoms with Crippen LogP contribution in [-0.2, 0) is 11.3 Å². The van der Waals surface area contributed by atoms with E-state index < -0.39 is 0 Å². The number of hydrogen-bond donors (Lipinski definition) is 1. The normalized spacial score (nSPS) is 10.5. The Kier molecular flexibility index (Phi) is 4.74. The number of fused-ring (bicyclic) bond motifs is 1. The molecular weight excluding hydrogens is 322 g/mol. The van der Waals surface area contributed by atoms with Gasteiger partial charge in [0.05, 0.1) is 38.7 Å². The van der Waals surface area contributed by atoms with Gasteiger partial charge >= 0.3 is 0 Å². The second-order valence-electron chi connectivity index (χ2n) is 5.32. The van der Waals surface area contributed by atoms with E-state index in [-0.39, 0.29) is 12.5 Å². The monoisotopic (exact) mass is 341 g/mol. The molecule has 1 amide bonds. The van der Waals surface area contributed by atoms with Crippen molar-refractivity contribution in [3.05, 3.63) is 42.7 Å². The predicted molar refractivity (Wildman–Crippen MR) is 94.5 cm³/mol. The molecule has 7 nitrogen and oxygen atoms in total. The highest BCUT2D eigenvalue weighted by Crippen LogP contribution is 2.39. The second kappa shape index (κ2) is 7.12. The Morgan fingerprint density at radius 3 is 2.40 bits per heavy atom. The average Bonchev–Trinajstić information content (AvgIpc) is 3.03. The number of benzene rings is 2. The molecule has 0 spiro atoms. The van der Waals surface area contributed by atoms with Gasteiger partial charge in [0.25, 0.3) is 0 Å². The molecule has 0 aliphatic carbocycles. The smallest absolute Gasteiger partial charge is 0.244 e. The number of para-hydroxylation sites is 2. The minimum absolute atomic E-state index is 0.150. The molecule has 3 aromatic rings. The standard InChI is InChI=1S/C18H19N3O4/c1-23-15-8-12(9-16(24-2)18(15)25-3)20-17(22)10-21-11-19-13-6-4-5-7-14(13)21/h4-9,11H,10H2,1-3H3,(H,20,22). The number of anilines is 1. The maximum atomic E-state index is 12.4. The van der Waals surface area contributed by atoms with Crippen LogP contribution in [0.15, 0.2) is 42.7 Å². The molecule has 0 unspecified atom stereocenters. The predicted octanol–water partition coefficient (Wildman–Crippen LogP) is 2.70. The van der Waals surface area contributed by atoms with Gasteiger partial charge in [-0.25, -0.2) is 4.98 Å². The molecule has 2 aromatic carbocycles. The fourth-order valence-corrected chi connectivity index (χ4v) is 2.64. The van der Waals surface area contributed by atoms with Crippen molar-refractivity contribution in [2.24, 2.45) is 0 Å². The number of nitrogens with zero attached hydrogens (tertiary/aromatic N) is 2. The summed E-state index contributed by atoms with van der Waals surface area (Å²) in [6.07, 6.45) is 1.65. The summed E-state index contributed by atoms with van der Waals surface area (Å²) in [5.41, 5.74) is 2.31. The Morgan fingerprint density at radius 2 is 1.76 bits per heavy atom. The van der Waals surface area contributed by atoms with E-state index in [0.29, 0.717) is 22.9 Å². The van der Waals surface area contributed by atoms with E-state index in [0.717, 1.165) is 11.0 Å². The summed E-state index contributed by atoms with van der Waals surface area (Å²) < 4.78 is 17.7. The third kappa shape index (κ3) is 3.35. The summed E-state index contributed by atoms with van der Waals surface area (Å²) in [7, 11) is 4.59. The first-order valence-corrected chi connectivity index (χ1v) is 7.66. The molecule has 0 bridgehead atoms. The SMILES string of the molecule is COc1cc(NC(=O)Cn2cnc3ccccc32)cc(OC)c1OC. The van der Waals surface area contributed by atoms with Crippen LogP contribution in [0, 0.1) is 0 Å². The Morgan fingerprint density at radius 1 is 1.08 bits per heavy atom. The van der Waals surface area contributed by atoms with Gasteiger partial charge in [-0.2, -0.15) is 0 Å². The third-order valence-electron chi connectivity index (χ3n) is 3.79. The Balaban J connectivity index is 1.81. The highest BCUT2D eigenvalue weighted by Gasteiger charge is 2.15. The maximum Gasteiger partial charge on any atom is 0.244 e. The zero-order chi connectivity index (χ0) is 17.8. The zero-order valence-corrected chi connectivity index (χ0v) is 14.3. The number of aromatic nitrogens is 2. The van der Waals surface area contributed by atoms with E-state index in [9.17, 15) is 4.79 Å². The van der Waals surface area contributed by atoms with Crippen molar-refractivity contribution in [1.29, 1.82) is 0 Å². The second-order valence-corrected chi connectivity index (χ2v) is 5.32. The molecule has 0 atom stereocenters. The number of carbonyl (C=O) groups excluding carboxylic acids is 1. The van der Waals surface area contributed by atoms with Gasteiger partial charge in [0, 0.05) is 17.8 Å². The molecule has 0 radical (unpaired) electrons. The van der Waals surface area contributed by atoms with Gasteiger partial charge in [-0.1, -0.05) is 12.1 Å². The number of hydrogen-bond acceptors (Lipinski definition) is 5. The van der Waals surface area contributed by atoms with Crippen molar-refractivity contribution in [2.45, 2.75) is 6.54 Å². The first-order valence-electron chi connectivity index (χ1n) is 7.66. The van der Waals surface area contributed by atoms with Crippen molar-refractivity contribution in [3.8, 4) is 17.2 Å². The zero-order valence-electron chi connectivity index (χ0n) is 14.3. The molecule has 1 aromatic heterocycles. The van der Waals surface area contributed by atoms with Crippen LogP contribution < -0.4 is 19.5 Å². The number of imidazole rings is 1. The quantitative estimate of drug-likeness (QED) is 0.746. The minimum atomic E-state index is -0.183. The molecule has 1 heterocycles. The molecule has 0 aliphatic rings. The molecule has 3 rings (SSSR count). The molecule has 7 heteroatoms. The van der Waals surface area contributed by atoms with Gasteiger partial charge in [-0.3, -0.25) is 4.79 Å². The van der Waals surface area contributed by atoms with Crippen LogP contribution in [0.25, 0.3) is 11.0 Å². The summed E-state index contributed by atoms with van der Waals surface area (Å²) in [5.74, 6) is 1.25. The van der Waals surface area contributed by atoms with Gasteiger partial charge in [-0.05, 0) is 12.1 Å². The fraction of sp³-hybridized carbons (Fsp3) is 0.222. The highest BCUT2D eigenvalue weighted by molar-refractivity contribution is 5.92. The molecule has 0 saturated heterocycles. The summed E-state index contributed by atoms with van der Waals surface area (Å²) in [6, 6.07) is 11.0. The number of methoxy groups -OCH3 is 3. The number of rotatable bonds is 6. The summed E-state index contributed by atoms with van der Waals surface area (Å²) in [6.45, 7) is 0.150. The molecule has 130 valence electrons. The van der Waals surface area contributed by atoms with Crippen molar-refractivity contribution < 1.29 is 19.0 Å². The van der Waals surface area contributed by atoms with Crippen molar-refractivity contribution in [1.82, 2.24) is 9.55 Å². The molecular formula is C18H19N3O4. The number of amides is 1. The van der Waals surface area contributed by atoms with E-state index in [1.54, 1.807) is 23.0 Å². The summed E-state index contributed by atoms with van der Waals surface area (Å²) in [5, 5.41) is 2.84. The molecule has 1 N–H and O–H groups in total. The molecule has 25 heavy (non-hydrogen) atoms. The minimum Gasteiger partial charge on any atom is -0.493 e. The van der Waals surface area contributed by atoms with Crippen molar-refractivity contribution >= 4 is 22.6 Å². The topological polar surface area (TPSA) is 74.6 Å². The first kappa shape index (κ1) is 16.6. The van der Waals surface area contributed by atoms with Crippen LogP contribution >= 0.6 is 0 Å². The van der Waals surface area contributed by atoms with Crippen molar-refractivity contribution in [3.63, 3.8) is 0 Å². The van der Waals surface area contributed by atoms with Crippen molar-refractivity contribution in [2.75, 3.05) is 26.6 Å². The fourth-order valence-electron chi connectivity index (χ4n) is 2.64. The first-order chi connectivity index (χ1) is 12.2. The van der Waals surface area contributed by atoms with E-state index in [2.05, 4.69) is 10.3 Å². The van der Waals surface area contributed by atoms with Crippen LogP contribution in [0.5, 0.6) is 17.2 Å². The largest absolute Gasteiger partial charge is 0.493 e. The Hall–Kier alpha value is -3.22. The van der Waals surface area contributed by atoms with Gasteiger partial charge in [0.1, 0.15) is 6.54 Å². The third-order valence-corrected chi connectivity index (χ3v) is 3.79. The van der Waals surface area contributed by atoms with E-state index >= 15 is 0 Å². The van der Waals surface area contributed by atoms with Gasteiger partial charge in [0.15, 0.2) is 11.5 Å². The lowest BCUT2D eigenvalue weighted by Gasteiger charge is -2.14. The molecule has 0 fully saturated rings. The average molecular weight is 341 g/mol. The van der Waals surface area contributed by atoms with Gasteiger partial charge < -0.3 is 24.1 Å². The van der Waals surface area contributed by atoms with E-state index in [1.165, 1.54) is 21.3 Å². The van der Waals surface area contributed by atoms with E-state index in [1.807, 2.05) is 24.3 Å². The number of carbonyl (C=O) groups is 1. The van der Waals surface area contributed by atoms with Crippen LogP contribution in [0.4, 0.5) is 5.69 Å². The Bertz CT molecular complexity index is 879. The van der Waals surface area contributed by atoms with Crippen LogP contribution in [0.2, 0.25) is 0 Å². The van der Waals surface area contributed by atoms with E-state index in [4.69, 9.17) is 14.2 Å². The van der Waals surface area contributed by atoms with Crippen LogP contribution in [-0.4, -0.2) is 36.8 Å². The Labute approximate surface area is 145 Å². The molecule has 0 saturated carbocycles. The molecule has 0 aliphatic heterocycles. The van der Waals surface area contributed by atoms with Gasteiger partial charge in [-0.15, -0.1) is 0 Å². The van der Waals surface area contributed by atoms with Crippen LogP contribution in [0.3, 0.4) is 0 Å². The summed E-state index contributed by atoms with van der Waals surface area (Å²) >= 11 is 0. The number of ether oxygens (including phenoxy) is 3. The lowest BCUT2D eigenvalue weighted by atomic mass is 10.2. The highest BCUT2D eigenvalue weighted by atomic mass is 16.5. The maximum absolute atomic E-state index is 12.4.